The van der Waals surface area contributed by atoms with Crippen molar-refractivity contribution >= 4 is 35.0 Å². The minimum Gasteiger partial charge on any atom is -0.497 e. The van der Waals surface area contributed by atoms with Crippen molar-refractivity contribution in [1.82, 2.24) is 9.80 Å². The van der Waals surface area contributed by atoms with E-state index in [0.29, 0.717) is 42.5 Å². The van der Waals surface area contributed by atoms with Gasteiger partial charge in [0, 0.05) is 31.7 Å². The highest BCUT2D eigenvalue weighted by molar-refractivity contribution is 6.37. The Morgan fingerprint density at radius 2 is 1.46 bits per heavy atom. The van der Waals surface area contributed by atoms with Gasteiger partial charge in [0.25, 0.3) is 11.8 Å². The standard InChI is InChI=1S/C20H20Cl2N2O4/c1-27-14-5-3-4-13(12-14)19(25)23-8-10-24(11-9-23)20(26)17-15(21)6-7-16(22)18(17)28-2/h3-7,12H,8-11H2,1-2H3. The second-order valence-electron chi connectivity index (χ2n) is 6.25. The zero-order chi connectivity index (χ0) is 20.3. The lowest BCUT2D eigenvalue weighted by Crippen LogP contribution is -2.50. The van der Waals surface area contributed by atoms with E-state index in [9.17, 15) is 9.59 Å². The number of piperazine rings is 1. The lowest BCUT2D eigenvalue weighted by molar-refractivity contribution is 0.0533. The fourth-order valence-corrected chi connectivity index (χ4v) is 3.61. The van der Waals surface area contributed by atoms with E-state index in [-0.39, 0.29) is 28.1 Å². The Kier molecular flexibility index (Phi) is 6.31. The van der Waals surface area contributed by atoms with E-state index in [4.69, 9.17) is 32.7 Å². The van der Waals surface area contributed by atoms with Crippen LogP contribution >= 0.6 is 23.2 Å². The molecule has 0 aliphatic carbocycles. The molecule has 0 spiro atoms. The van der Waals surface area contributed by atoms with E-state index >= 15 is 0 Å². The Hall–Kier alpha value is -2.44. The third kappa shape index (κ3) is 4.03. The number of ether oxygens (including phenoxy) is 2. The number of amides is 2. The van der Waals surface area contributed by atoms with Crippen LogP contribution in [-0.2, 0) is 0 Å². The molecule has 1 aliphatic heterocycles. The monoisotopic (exact) mass is 422 g/mol. The average Bonchev–Trinajstić information content (AvgIpc) is 2.74. The van der Waals surface area contributed by atoms with Crippen LogP contribution in [0.2, 0.25) is 10.0 Å². The highest BCUT2D eigenvalue weighted by atomic mass is 35.5. The molecule has 2 amide bonds. The highest BCUT2D eigenvalue weighted by Crippen LogP contribution is 2.34. The molecular formula is C20H20Cl2N2O4. The molecule has 3 rings (SSSR count). The van der Waals surface area contributed by atoms with Gasteiger partial charge in [0.15, 0.2) is 5.75 Å². The molecule has 6 nitrogen and oxygen atoms in total. The van der Waals surface area contributed by atoms with Gasteiger partial charge in [-0.1, -0.05) is 29.3 Å². The number of halogens is 2. The van der Waals surface area contributed by atoms with Crippen molar-refractivity contribution in [1.29, 1.82) is 0 Å². The summed E-state index contributed by atoms with van der Waals surface area (Å²) in [5, 5.41) is 0.600. The Morgan fingerprint density at radius 1 is 0.857 bits per heavy atom. The van der Waals surface area contributed by atoms with Gasteiger partial charge >= 0.3 is 0 Å². The molecule has 28 heavy (non-hydrogen) atoms. The number of hydrogen-bond donors (Lipinski definition) is 0. The predicted octanol–water partition coefficient (Wildman–Crippen LogP) is 3.61. The second-order valence-corrected chi connectivity index (χ2v) is 7.07. The van der Waals surface area contributed by atoms with E-state index in [1.807, 2.05) is 0 Å². The Labute approximate surface area is 173 Å². The number of carbonyl (C=O) groups is 2. The normalized spacial score (nSPS) is 14.0. The van der Waals surface area contributed by atoms with Gasteiger partial charge in [0.05, 0.1) is 24.3 Å². The van der Waals surface area contributed by atoms with E-state index in [2.05, 4.69) is 0 Å². The minimum atomic E-state index is -0.266. The van der Waals surface area contributed by atoms with Crippen molar-refractivity contribution in [2.75, 3.05) is 40.4 Å². The van der Waals surface area contributed by atoms with Gasteiger partial charge in [-0.05, 0) is 30.3 Å². The molecular weight excluding hydrogens is 403 g/mol. The topological polar surface area (TPSA) is 59.1 Å². The summed E-state index contributed by atoms with van der Waals surface area (Å²) in [6.07, 6.45) is 0. The Bertz CT molecular complexity index is 896. The molecule has 0 aromatic heterocycles. The maximum Gasteiger partial charge on any atom is 0.259 e. The fourth-order valence-electron chi connectivity index (χ4n) is 3.14. The number of rotatable bonds is 4. The first-order valence-electron chi connectivity index (χ1n) is 8.71. The van der Waals surface area contributed by atoms with Crippen LogP contribution in [0.4, 0.5) is 0 Å². The Morgan fingerprint density at radius 3 is 2.07 bits per heavy atom. The molecule has 8 heteroatoms. The first-order chi connectivity index (χ1) is 13.5. The first-order valence-corrected chi connectivity index (χ1v) is 9.46. The summed E-state index contributed by atoms with van der Waals surface area (Å²) in [5.41, 5.74) is 0.794. The fraction of sp³-hybridized carbons (Fsp3) is 0.300. The number of hydrogen-bond acceptors (Lipinski definition) is 4. The van der Waals surface area contributed by atoms with Crippen molar-refractivity contribution < 1.29 is 19.1 Å². The SMILES string of the molecule is COc1cccc(C(=O)N2CCN(C(=O)c3c(Cl)ccc(Cl)c3OC)CC2)c1. The third-order valence-corrected chi connectivity index (χ3v) is 5.26. The summed E-state index contributed by atoms with van der Waals surface area (Å²) in [7, 11) is 3.00. The quantitative estimate of drug-likeness (QED) is 0.754. The van der Waals surface area contributed by atoms with Gasteiger partial charge in [0.1, 0.15) is 11.3 Å². The molecule has 1 saturated heterocycles. The molecule has 2 aromatic carbocycles. The summed E-state index contributed by atoms with van der Waals surface area (Å²) in [6.45, 7) is 1.62. The molecule has 0 N–H and O–H groups in total. The van der Waals surface area contributed by atoms with Crippen LogP contribution in [-0.4, -0.2) is 62.0 Å². The summed E-state index contributed by atoms with van der Waals surface area (Å²) in [5.74, 6) is 0.526. The molecule has 2 aromatic rings. The first kappa shape index (κ1) is 20.3. The Balaban J connectivity index is 1.71. The van der Waals surface area contributed by atoms with Crippen LogP contribution in [0, 0.1) is 0 Å². The van der Waals surface area contributed by atoms with Crippen LogP contribution in [0.15, 0.2) is 36.4 Å². The predicted molar refractivity (Wildman–Crippen MR) is 108 cm³/mol. The van der Waals surface area contributed by atoms with Crippen LogP contribution < -0.4 is 9.47 Å². The molecule has 1 heterocycles. The number of methoxy groups -OCH3 is 2. The van der Waals surface area contributed by atoms with Gasteiger partial charge in [-0.25, -0.2) is 0 Å². The van der Waals surface area contributed by atoms with Crippen LogP contribution in [0.3, 0.4) is 0 Å². The molecule has 1 aliphatic rings. The summed E-state index contributed by atoms with van der Waals surface area (Å²) in [4.78, 5) is 29.1. The van der Waals surface area contributed by atoms with Gasteiger partial charge < -0.3 is 19.3 Å². The smallest absolute Gasteiger partial charge is 0.259 e. The van der Waals surface area contributed by atoms with Crippen LogP contribution in [0.1, 0.15) is 20.7 Å². The maximum atomic E-state index is 13.0. The molecule has 148 valence electrons. The highest BCUT2D eigenvalue weighted by Gasteiger charge is 2.29. The van der Waals surface area contributed by atoms with E-state index in [0.717, 1.165) is 0 Å². The summed E-state index contributed by atoms with van der Waals surface area (Å²) < 4.78 is 10.4. The van der Waals surface area contributed by atoms with Crippen LogP contribution in [0.5, 0.6) is 11.5 Å². The minimum absolute atomic E-state index is 0.0932. The van der Waals surface area contributed by atoms with Crippen molar-refractivity contribution in [2.24, 2.45) is 0 Å². The van der Waals surface area contributed by atoms with Gasteiger partial charge in [-0.2, -0.15) is 0 Å². The molecule has 0 atom stereocenters. The number of benzene rings is 2. The summed E-state index contributed by atoms with van der Waals surface area (Å²) in [6, 6.07) is 10.2. The van der Waals surface area contributed by atoms with Crippen molar-refractivity contribution in [3.8, 4) is 11.5 Å². The molecule has 0 bridgehead atoms. The molecule has 0 saturated carbocycles. The van der Waals surface area contributed by atoms with Crippen LogP contribution in [0.25, 0.3) is 0 Å². The number of carbonyl (C=O) groups excluding carboxylic acids is 2. The average molecular weight is 423 g/mol. The molecule has 1 fully saturated rings. The maximum absolute atomic E-state index is 13.0. The largest absolute Gasteiger partial charge is 0.497 e. The lowest BCUT2D eigenvalue weighted by Gasteiger charge is -2.35. The zero-order valence-corrected chi connectivity index (χ0v) is 17.1. The van der Waals surface area contributed by atoms with Gasteiger partial charge in [-0.15, -0.1) is 0 Å². The summed E-state index contributed by atoms with van der Waals surface area (Å²) >= 11 is 12.3. The second kappa shape index (κ2) is 8.71. The lowest BCUT2D eigenvalue weighted by atomic mass is 10.1. The molecule has 0 unspecified atom stereocenters. The van der Waals surface area contributed by atoms with Gasteiger partial charge in [0.2, 0.25) is 0 Å². The van der Waals surface area contributed by atoms with Crippen molar-refractivity contribution in [3.63, 3.8) is 0 Å². The van der Waals surface area contributed by atoms with E-state index in [1.165, 1.54) is 7.11 Å². The van der Waals surface area contributed by atoms with Gasteiger partial charge in [-0.3, -0.25) is 9.59 Å². The number of nitrogens with zero attached hydrogens (tertiary/aromatic N) is 2. The van der Waals surface area contributed by atoms with Crippen molar-refractivity contribution in [2.45, 2.75) is 0 Å². The zero-order valence-electron chi connectivity index (χ0n) is 15.6. The third-order valence-electron chi connectivity index (χ3n) is 4.65. The molecule has 0 radical (unpaired) electrons. The van der Waals surface area contributed by atoms with E-state index in [1.54, 1.807) is 53.3 Å². The van der Waals surface area contributed by atoms with E-state index < -0.39 is 0 Å². The van der Waals surface area contributed by atoms with Crippen molar-refractivity contribution in [3.05, 3.63) is 57.6 Å².